The van der Waals surface area contributed by atoms with Crippen molar-refractivity contribution in [1.82, 2.24) is 5.32 Å². The topological polar surface area (TPSA) is 91.8 Å². The van der Waals surface area contributed by atoms with Crippen LogP contribution in [0.15, 0.2) is 47.5 Å². The van der Waals surface area contributed by atoms with Crippen LogP contribution < -0.4 is 16.0 Å². The van der Waals surface area contributed by atoms with Crippen molar-refractivity contribution >= 4 is 29.1 Å². The summed E-state index contributed by atoms with van der Waals surface area (Å²) in [6, 6.07) is 13.2. The Balaban J connectivity index is 1.78. The summed E-state index contributed by atoms with van der Waals surface area (Å²) in [5.74, 6) is -0.121. The lowest BCUT2D eigenvalue weighted by Gasteiger charge is -2.15. The van der Waals surface area contributed by atoms with Crippen molar-refractivity contribution in [3.8, 4) is 0 Å². The maximum absolute atomic E-state index is 12.9. The summed E-state index contributed by atoms with van der Waals surface area (Å²) in [5, 5.41) is 8.86. The lowest BCUT2D eigenvalue weighted by Crippen LogP contribution is -2.36. The molecule has 0 bridgehead atoms. The maximum Gasteiger partial charge on any atom is 0.258 e. The first-order chi connectivity index (χ1) is 14.9. The molecule has 7 nitrogen and oxygen atoms in total. The number of benzene rings is 2. The van der Waals surface area contributed by atoms with E-state index < -0.39 is 0 Å². The summed E-state index contributed by atoms with van der Waals surface area (Å²) in [4.78, 5) is 29.0. The minimum Gasteiger partial charge on any atom is -0.376 e. The molecule has 2 aromatic rings. The van der Waals surface area contributed by atoms with E-state index in [0.717, 1.165) is 37.1 Å². The number of amides is 2. The number of nitrogens with zero attached hydrogens (tertiary/aromatic N) is 1. The minimum atomic E-state index is -0.308. The van der Waals surface area contributed by atoms with E-state index in [9.17, 15) is 9.59 Å². The highest BCUT2D eigenvalue weighted by atomic mass is 16.5. The Kier molecular flexibility index (Phi) is 7.78. The third-order valence-corrected chi connectivity index (χ3v) is 5.12. The largest absolute Gasteiger partial charge is 0.376 e. The molecule has 0 saturated carbocycles. The second-order valence-electron chi connectivity index (χ2n) is 7.67. The van der Waals surface area contributed by atoms with Crippen molar-refractivity contribution in [2.45, 2.75) is 46.1 Å². The number of hydrogen-bond donors (Lipinski definition) is 3. The third kappa shape index (κ3) is 6.65. The van der Waals surface area contributed by atoms with Gasteiger partial charge in [-0.05, 0) is 61.6 Å². The Hall–Kier alpha value is -3.19. The Labute approximate surface area is 183 Å². The molecule has 1 atom stereocenters. The molecule has 1 fully saturated rings. The molecule has 1 aliphatic rings. The smallest absolute Gasteiger partial charge is 0.258 e. The standard InChI is InChI=1S/C24H30N4O3/c1-4-18-7-5-8-20(13-18)27-24(25-15-21-9-6-12-31-21)28-23(30)19-11-10-16(2)22(14-19)26-17(3)29/h5,7-8,10-11,13-14,21H,4,6,9,12,15H2,1-3H3,(H,26,29)(H2,25,27,28,30)/t21-/m0/s1. The summed E-state index contributed by atoms with van der Waals surface area (Å²) in [7, 11) is 0. The van der Waals surface area contributed by atoms with Gasteiger partial charge in [0.05, 0.1) is 12.6 Å². The summed E-state index contributed by atoms with van der Waals surface area (Å²) in [5.41, 5.74) is 3.97. The Morgan fingerprint density at radius 1 is 1.16 bits per heavy atom. The van der Waals surface area contributed by atoms with Crippen LogP contribution in [0.1, 0.15) is 48.2 Å². The zero-order valence-electron chi connectivity index (χ0n) is 18.3. The fourth-order valence-electron chi connectivity index (χ4n) is 3.36. The third-order valence-electron chi connectivity index (χ3n) is 5.12. The van der Waals surface area contributed by atoms with Crippen molar-refractivity contribution < 1.29 is 14.3 Å². The van der Waals surface area contributed by atoms with E-state index in [0.29, 0.717) is 23.8 Å². The van der Waals surface area contributed by atoms with E-state index in [1.54, 1.807) is 12.1 Å². The zero-order chi connectivity index (χ0) is 22.2. The van der Waals surface area contributed by atoms with Gasteiger partial charge in [0, 0.05) is 30.5 Å². The van der Waals surface area contributed by atoms with Crippen LogP contribution in [0.2, 0.25) is 0 Å². The van der Waals surface area contributed by atoms with Crippen molar-refractivity contribution in [3.05, 3.63) is 59.2 Å². The molecule has 0 unspecified atom stereocenters. The van der Waals surface area contributed by atoms with Gasteiger partial charge >= 0.3 is 0 Å². The fourth-order valence-corrected chi connectivity index (χ4v) is 3.36. The van der Waals surface area contributed by atoms with Crippen LogP contribution in [-0.4, -0.2) is 37.0 Å². The molecule has 2 amide bonds. The highest BCUT2D eigenvalue weighted by Crippen LogP contribution is 2.17. The van der Waals surface area contributed by atoms with Crippen molar-refractivity contribution in [1.29, 1.82) is 0 Å². The minimum absolute atomic E-state index is 0.0708. The average molecular weight is 423 g/mol. The number of guanidine groups is 1. The molecular weight excluding hydrogens is 392 g/mol. The van der Waals surface area contributed by atoms with E-state index in [1.165, 1.54) is 12.5 Å². The van der Waals surface area contributed by atoms with E-state index >= 15 is 0 Å². The molecule has 31 heavy (non-hydrogen) atoms. The van der Waals surface area contributed by atoms with Gasteiger partial charge in [-0.2, -0.15) is 0 Å². The van der Waals surface area contributed by atoms with Gasteiger partial charge in [-0.25, -0.2) is 4.99 Å². The van der Waals surface area contributed by atoms with Crippen molar-refractivity contribution in [2.24, 2.45) is 4.99 Å². The molecule has 0 aliphatic carbocycles. The fraction of sp³-hybridized carbons (Fsp3) is 0.375. The van der Waals surface area contributed by atoms with E-state index in [1.807, 2.05) is 31.2 Å². The molecule has 0 aromatic heterocycles. The Morgan fingerprint density at radius 3 is 2.71 bits per heavy atom. The predicted molar refractivity (Wildman–Crippen MR) is 124 cm³/mol. The number of nitrogens with one attached hydrogen (secondary N) is 3. The number of ether oxygens (including phenoxy) is 1. The van der Waals surface area contributed by atoms with Crippen molar-refractivity contribution in [2.75, 3.05) is 23.8 Å². The molecule has 7 heteroatoms. The second kappa shape index (κ2) is 10.7. The molecule has 1 heterocycles. The monoisotopic (exact) mass is 422 g/mol. The SMILES string of the molecule is CCc1cccc(NC(=NC[C@@H]2CCCO2)NC(=O)c2ccc(C)c(NC(C)=O)c2)c1. The first-order valence-electron chi connectivity index (χ1n) is 10.7. The van der Waals surface area contributed by atoms with Crippen molar-refractivity contribution in [3.63, 3.8) is 0 Å². The van der Waals surface area contributed by atoms with E-state index in [2.05, 4.69) is 33.9 Å². The second-order valence-corrected chi connectivity index (χ2v) is 7.67. The highest BCUT2D eigenvalue weighted by Gasteiger charge is 2.16. The van der Waals surface area contributed by atoms with Crippen LogP contribution in [0.3, 0.4) is 0 Å². The van der Waals surface area contributed by atoms with Gasteiger partial charge in [0.1, 0.15) is 0 Å². The number of aliphatic imine (C=N–C) groups is 1. The predicted octanol–water partition coefficient (Wildman–Crippen LogP) is 3.89. The van der Waals surface area contributed by atoms with Crippen LogP contribution in [0.5, 0.6) is 0 Å². The number of anilines is 2. The van der Waals surface area contributed by atoms with Crippen LogP contribution in [0.4, 0.5) is 11.4 Å². The maximum atomic E-state index is 12.9. The van der Waals surface area contributed by atoms with E-state index in [-0.39, 0.29) is 17.9 Å². The zero-order valence-corrected chi connectivity index (χ0v) is 18.3. The number of carbonyl (C=O) groups excluding carboxylic acids is 2. The molecule has 1 aliphatic heterocycles. The molecule has 0 radical (unpaired) electrons. The van der Waals surface area contributed by atoms with Gasteiger partial charge in [0.2, 0.25) is 11.9 Å². The summed E-state index contributed by atoms with van der Waals surface area (Å²) >= 11 is 0. The molecule has 0 spiro atoms. The van der Waals surface area contributed by atoms with Gasteiger partial charge in [-0.1, -0.05) is 25.1 Å². The molecule has 3 N–H and O–H groups in total. The van der Waals surface area contributed by atoms with Gasteiger partial charge in [0.25, 0.3) is 5.91 Å². The molecule has 164 valence electrons. The molecule has 3 rings (SSSR count). The summed E-state index contributed by atoms with van der Waals surface area (Å²) in [6.45, 7) is 6.64. The lowest BCUT2D eigenvalue weighted by atomic mass is 10.1. The molecular formula is C24H30N4O3. The molecule has 2 aromatic carbocycles. The molecule has 1 saturated heterocycles. The summed E-state index contributed by atoms with van der Waals surface area (Å²) < 4.78 is 5.66. The number of rotatable bonds is 6. The average Bonchev–Trinajstić information content (AvgIpc) is 3.27. The normalized spacial score (nSPS) is 16.1. The van der Waals surface area contributed by atoms with Crippen LogP contribution in [0, 0.1) is 6.92 Å². The van der Waals surface area contributed by atoms with E-state index in [4.69, 9.17) is 4.74 Å². The van der Waals surface area contributed by atoms with Gasteiger partial charge in [-0.3, -0.25) is 14.9 Å². The van der Waals surface area contributed by atoms with Crippen LogP contribution >= 0.6 is 0 Å². The highest BCUT2D eigenvalue weighted by molar-refractivity contribution is 6.10. The lowest BCUT2D eigenvalue weighted by molar-refractivity contribution is -0.114. The van der Waals surface area contributed by atoms with Crippen LogP contribution in [-0.2, 0) is 16.0 Å². The number of aryl methyl sites for hydroxylation is 2. The first kappa shape index (κ1) is 22.5. The first-order valence-corrected chi connectivity index (χ1v) is 10.7. The Morgan fingerprint density at radius 2 is 2.00 bits per heavy atom. The van der Waals surface area contributed by atoms with Crippen LogP contribution in [0.25, 0.3) is 0 Å². The Bertz CT molecular complexity index is 965. The van der Waals surface area contributed by atoms with Gasteiger partial charge in [-0.15, -0.1) is 0 Å². The number of carbonyl (C=O) groups is 2. The quantitative estimate of drug-likeness (QED) is 0.486. The van der Waals surface area contributed by atoms with Gasteiger partial charge < -0.3 is 15.4 Å². The van der Waals surface area contributed by atoms with Gasteiger partial charge in [0.15, 0.2) is 0 Å². The number of hydrogen-bond acceptors (Lipinski definition) is 4. The summed E-state index contributed by atoms with van der Waals surface area (Å²) in [6.07, 6.45) is 2.98.